The zero-order chi connectivity index (χ0) is 13.1. The van der Waals surface area contributed by atoms with Crippen LogP contribution in [0.1, 0.15) is 41.0 Å². The third-order valence-corrected chi connectivity index (χ3v) is 4.34. The molecule has 0 saturated heterocycles. The molecule has 2 rings (SSSR count). The summed E-state index contributed by atoms with van der Waals surface area (Å²) in [6.07, 6.45) is 4.44. The summed E-state index contributed by atoms with van der Waals surface area (Å²) in [6.45, 7) is 2.23. The Hall–Kier alpha value is -1.01. The van der Waals surface area contributed by atoms with Crippen LogP contribution in [0.5, 0.6) is 0 Å². The number of carbonyl (C=O) groups is 1. The lowest BCUT2D eigenvalue weighted by atomic mass is 10.2. The predicted molar refractivity (Wildman–Crippen MR) is 76.9 cm³/mol. The number of nitrogens with two attached hydrogens (primary N) is 1. The van der Waals surface area contributed by atoms with Crippen molar-refractivity contribution in [1.29, 1.82) is 0 Å². The van der Waals surface area contributed by atoms with Gasteiger partial charge >= 0.3 is 0 Å². The summed E-state index contributed by atoms with van der Waals surface area (Å²) < 4.78 is 0. The van der Waals surface area contributed by atoms with Crippen molar-refractivity contribution in [3.63, 3.8) is 0 Å². The lowest BCUT2D eigenvalue weighted by molar-refractivity contribution is 0.0718. The van der Waals surface area contributed by atoms with E-state index in [9.17, 15) is 4.79 Å². The van der Waals surface area contributed by atoms with Crippen LogP contribution >= 0.6 is 23.6 Å². The molecule has 6 heteroatoms. The number of thiocarbonyl (C=S) groups is 1. The van der Waals surface area contributed by atoms with Crippen LogP contribution in [0.3, 0.4) is 0 Å². The molecular formula is C12H17N3OS2. The molecule has 2 N–H and O–H groups in total. The van der Waals surface area contributed by atoms with E-state index >= 15 is 0 Å². The Kier molecular flexibility index (Phi) is 4.29. The highest BCUT2D eigenvalue weighted by molar-refractivity contribution is 7.80. The van der Waals surface area contributed by atoms with Gasteiger partial charge in [0.15, 0.2) is 0 Å². The van der Waals surface area contributed by atoms with Crippen molar-refractivity contribution >= 4 is 34.5 Å². The number of thiazole rings is 1. The van der Waals surface area contributed by atoms with E-state index in [1.54, 1.807) is 5.51 Å². The van der Waals surface area contributed by atoms with Gasteiger partial charge in [0.2, 0.25) is 0 Å². The average Bonchev–Trinajstić information content (AvgIpc) is 2.95. The summed E-state index contributed by atoms with van der Waals surface area (Å²) in [5.74, 6) is 0.0229. The third kappa shape index (κ3) is 2.87. The first-order valence-corrected chi connectivity index (χ1v) is 7.37. The third-order valence-electron chi connectivity index (χ3n) is 3.29. The second-order valence-electron chi connectivity index (χ2n) is 4.60. The molecular weight excluding hydrogens is 266 g/mol. The number of hydrogen-bond acceptors (Lipinski definition) is 4. The number of amides is 1. The molecule has 1 amide bonds. The van der Waals surface area contributed by atoms with Crippen LogP contribution in [-0.2, 0) is 0 Å². The van der Waals surface area contributed by atoms with E-state index < -0.39 is 0 Å². The maximum Gasteiger partial charge on any atom is 0.266 e. The summed E-state index contributed by atoms with van der Waals surface area (Å²) in [5, 5.41) is 0. The lowest BCUT2D eigenvalue weighted by Gasteiger charge is -2.28. The zero-order valence-electron chi connectivity index (χ0n) is 10.4. The number of aryl methyl sites for hydroxylation is 1. The molecule has 98 valence electrons. The van der Waals surface area contributed by atoms with Crippen LogP contribution in [0.25, 0.3) is 0 Å². The highest BCUT2D eigenvalue weighted by atomic mass is 32.1. The molecule has 1 aromatic rings. The van der Waals surface area contributed by atoms with Gasteiger partial charge in [-0.15, -0.1) is 11.3 Å². The normalized spacial score (nSPS) is 15.8. The number of nitrogens with zero attached hydrogens (tertiary/aromatic N) is 2. The molecule has 0 atom stereocenters. The largest absolute Gasteiger partial charge is 0.392 e. The minimum atomic E-state index is 0.0229. The first-order chi connectivity index (χ1) is 8.59. The Morgan fingerprint density at radius 3 is 2.78 bits per heavy atom. The van der Waals surface area contributed by atoms with Gasteiger partial charge in [-0.25, -0.2) is 4.98 Å². The van der Waals surface area contributed by atoms with Gasteiger partial charge in [-0.1, -0.05) is 25.1 Å². The van der Waals surface area contributed by atoms with Crippen molar-refractivity contribution < 1.29 is 4.79 Å². The number of hydrogen-bond donors (Lipinski definition) is 1. The van der Waals surface area contributed by atoms with Crippen LogP contribution in [0.15, 0.2) is 5.51 Å². The second kappa shape index (κ2) is 5.75. The Morgan fingerprint density at radius 1 is 1.61 bits per heavy atom. The topological polar surface area (TPSA) is 59.2 Å². The molecule has 0 aliphatic heterocycles. The average molecular weight is 283 g/mol. The molecule has 1 saturated carbocycles. The minimum absolute atomic E-state index is 0.0229. The smallest absolute Gasteiger partial charge is 0.266 e. The first-order valence-electron chi connectivity index (χ1n) is 6.09. The Labute approximate surface area is 116 Å². The highest BCUT2D eigenvalue weighted by Crippen LogP contribution is 2.26. The van der Waals surface area contributed by atoms with Gasteiger partial charge in [-0.05, 0) is 19.8 Å². The van der Waals surface area contributed by atoms with E-state index in [-0.39, 0.29) is 11.9 Å². The van der Waals surface area contributed by atoms with E-state index in [0.717, 1.165) is 18.5 Å². The van der Waals surface area contributed by atoms with Gasteiger partial charge in [0.1, 0.15) is 4.88 Å². The van der Waals surface area contributed by atoms with Crippen molar-refractivity contribution in [1.82, 2.24) is 9.88 Å². The van der Waals surface area contributed by atoms with E-state index in [0.29, 0.717) is 16.4 Å². The predicted octanol–water partition coefficient (Wildman–Crippen LogP) is 2.12. The van der Waals surface area contributed by atoms with Gasteiger partial charge in [-0.2, -0.15) is 0 Å². The molecule has 1 aliphatic carbocycles. The van der Waals surface area contributed by atoms with Crippen molar-refractivity contribution in [2.75, 3.05) is 6.54 Å². The van der Waals surface area contributed by atoms with E-state index in [1.165, 1.54) is 24.2 Å². The minimum Gasteiger partial charge on any atom is -0.392 e. The van der Waals surface area contributed by atoms with Crippen LogP contribution < -0.4 is 5.73 Å². The maximum atomic E-state index is 12.5. The van der Waals surface area contributed by atoms with Crippen molar-refractivity contribution in [2.45, 2.75) is 38.6 Å². The number of aromatic nitrogens is 1. The summed E-state index contributed by atoms with van der Waals surface area (Å²) >= 11 is 6.35. The van der Waals surface area contributed by atoms with Crippen molar-refractivity contribution in [2.24, 2.45) is 5.73 Å². The molecule has 0 bridgehead atoms. The Morgan fingerprint density at radius 2 is 2.28 bits per heavy atom. The van der Waals surface area contributed by atoms with Gasteiger partial charge in [0.25, 0.3) is 5.91 Å². The monoisotopic (exact) mass is 283 g/mol. The maximum absolute atomic E-state index is 12.5. The van der Waals surface area contributed by atoms with Crippen LogP contribution in [0.2, 0.25) is 0 Å². The van der Waals surface area contributed by atoms with Gasteiger partial charge < -0.3 is 10.6 Å². The molecule has 0 aromatic carbocycles. The fourth-order valence-corrected chi connectivity index (χ4v) is 3.28. The molecule has 4 nitrogen and oxygen atoms in total. The molecule has 1 aliphatic rings. The molecule has 0 spiro atoms. The first kappa shape index (κ1) is 13.4. The fraction of sp³-hybridized carbons (Fsp3) is 0.583. The summed E-state index contributed by atoms with van der Waals surface area (Å²) in [4.78, 5) is 19.6. The van der Waals surface area contributed by atoms with Crippen LogP contribution in [-0.4, -0.2) is 33.4 Å². The van der Waals surface area contributed by atoms with Gasteiger partial charge in [-0.3, -0.25) is 4.79 Å². The summed E-state index contributed by atoms with van der Waals surface area (Å²) in [6, 6.07) is 0.278. The van der Waals surface area contributed by atoms with E-state index in [4.69, 9.17) is 18.0 Å². The molecule has 18 heavy (non-hydrogen) atoms. The quantitative estimate of drug-likeness (QED) is 0.860. The summed E-state index contributed by atoms with van der Waals surface area (Å²) in [5.41, 5.74) is 8.11. The standard InChI is InChI=1S/C12H17N3OS2/c1-8-11(18-7-14-8)12(16)15(6-10(13)17)9-4-2-3-5-9/h7,9H,2-6H2,1H3,(H2,13,17). The Balaban J connectivity index is 2.20. The van der Waals surface area contributed by atoms with Gasteiger partial charge in [0, 0.05) is 6.04 Å². The van der Waals surface area contributed by atoms with Crippen molar-refractivity contribution in [3.8, 4) is 0 Å². The second-order valence-corrected chi connectivity index (χ2v) is 5.98. The number of carbonyl (C=O) groups excluding carboxylic acids is 1. The van der Waals surface area contributed by atoms with E-state index in [1.807, 2.05) is 11.8 Å². The number of rotatable bonds is 4. The fourth-order valence-electron chi connectivity index (χ4n) is 2.39. The molecule has 0 radical (unpaired) electrons. The van der Waals surface area contributed by atoms with Crippen LogP contribution in [0.4, 0.5) is 0 Å². The summed E-state index contributed by atoms with van der Waals surface area (Å²) in [7, 11) is 0. The van der Waals surface area contributed by atoms with Gasteiger partial charge in [0.05, 0.1) is 22.7 Å². The lowest BCUT2D eigenvalue weighted by Crippen LogP contribution is -2.43. The molecule has 0 unspecified atom stereocenters. The van der Waals surface area contributed by atoms with Crippen LogP contribution in [0, 0.1) is 6.92 Å². The zero-order valence-corrected chi connectivity index (χ0v) is 12.0. The molecule has 1 fully saturated rings. The SMILES string of the molecule is Cc1ncsc1C(=O)N(CC(N)=S)C1CCCC1. The van der Waals surface area contributed by atoms with Crippen molar-refractivity contribution in [3.05, 3.63) is 16.1 Å². The molecule has 1 aromatic heterocycles. The Bertz CT molecular complexity index is 452. The molecule has 1 heterocycles. The highest BCUT2D eigenvalue weighted by Gasteiger charge is 2.29. The van der Waals surface area contributed by atoms with E-state index in [2.05, 4.69) is 4.98 Å².